The Bertz CT molecular complexity index is 253. The summed E-state index contributed by atoms with van der Waals surface area (Å²) in [5, 5.41) is 1.15. The van der Waals surface area contributed by atoms with Crippen LogP contribution in [0.1, 0.15) is 34.6 Å². The molecule has 0 aromatic heterocycles. The van der Waals surface area contributed by atoms with Gasteiger partial charge in [0.15, 0.2) is 8.32 Å². The molecule has 1 unspecified atom stereocenters. The summed E-state index contributed by atoms with van der Waals surface area (Å²) < 4.78 is 6.30. The van der Waals surface area contributed by atoms with Gasteiger partial charge in [0.1, 0.15) is 0 Å². The van der Waals surface area contributed by atoms with E-state index in [9.17, 15) is 0 Å². The lowest BCUT2D eigenvalue weighted by atomic mass is 9.91. The molecule has 0 aliphatic rings. The maximum absolute atomic E-state index is 6.30. The lowest BCUT2D eigenvalue weighted by molar-refractivity contribution is 0.216. The zero-order valence-electron chi connectivity index (χ0n) is 12.6. The molecule has 0 spiro atoms. The van der Waals surface area contributed by atoms with Crippen LogP contribution in [0.4, 0.5) is 0 Å². The second-order valence-corrected chi connectivity index (χ2v) is 12.1. The van der Waals surface area contributed by atoms with Gasteiger partial charge in [-0.3, -0.25) is 0 Å². The maximum atomic E-state index is 6.30. The minimum absolute atomic E-state index is 0.282. The molecule has 0 fully saturated rings. The predicted molar refractivity (Wildman–Crippen MR) is 84.4 cm³/mol. The Balaban J connectivity index is 4.57. The van der Waals surface area contributed by atoms with E-state index in [2.05, 4.69) is 70.2 Å². The van der Waals surface area contributed by atoms with Crippen LogP contribution in [0.5, 0.6) is 0 Å². The third-order valence-corrected chi connectivity index (χ3v) is 9.15. The summed E-state index contributed by atoms with van der Waals surface area (Å²) in [5.41, 5.74) is 1.25. The number of alkyl halides is 1. The van der Waals surface area contributed by atoms with Crippen molar-refractivity contribution in [1.29, 1.82) is 0 Å². The molecule has 0 rings (SSSR count). The van der Waals surface area contributed by atoms with Crippen molar-refractivity contribution in [2.24, 2.45) is 11.8 Å². The van der Waals surface area contributed by atoms with Crippen LogP contribution >= 0.6 is 15.9 Å². The molecule has 0 amide bonds. The van der Waals surface area contributed by atoms with E-state index in [-0.39, 0.29) is 5.04 Å². The highest BCUT2D eigenvalue weighted by molar-refractivity contribution is 9.09. The number of hydrogen-bond donors (Lipinski definition) is 0. The van der Waals surface area contributed by atoms with Crippen LogP contribution in [0.2, 0.25) is 18.1 Å². The van der Waals surface area contributed by atoms with E-state index in [1.54, 1.807) is 0 Å². The van der Waals surface area contributed by atoms with E-state index in [1.807, 2.05) is 0 Å². The smallest absolute Gasteiger partial charge is 0.192 e. The molecule has 3 heteroatoms. The molecule has 17 heavy (non-hydrogen) atoms. The molecule has 0 aromatic carbocycles. The van der Waals surface area contributed by atoms with Gasteiger partial charge in [-0.25, -0.2) is 0 Å². The Hall–Kier alpha value is 0.397. The summed E-state index contributed by atoms with van der Waals surface area (Å²) in [6.07, 6.45) is 0. The zero-order chi connectivity index (χ0) is 13.9. The first kappa shape index (κ1) is 17.4. The minimum Gasteiger partial charge on any atom is -0.416 e. The standard InChI is InChI=1S/C14H29BrOSi/c1-11(2)13(12(3)9-15)10-16-17(7,8)14(4,5)6/h11,13H,3,9-10H2,1-2,4-8H3. The fourth-order valence-electron chi connectivity index (χ4n) is 1.40. The maximum Gasteiger partial charge on any atom is 0.192 e. The van der Waals surface area contributed by atoms with Crippen molar-refractivity contribution in [2.45, 2.75) is 52.8 Å². The average Bonchev–Trinajstić information content (AvgIpc) is 2.15. The molecule has 0 radical (unpaired) electrons. The summed E-state index contributed by atoms with van der Waals surface area (Å²) in [6.45, 7) is 20.9. The average molecular weight is 321 g/mol. The molecule has 0 bridgehead atoms. The van der Waals surface area contributed by atoms with Crippen molar-refractivity contribution in [3.05, 3.63) is 12.2 Å². The predicted octanol–water partition coefficient (Wildman–Crippen LogP) is 5.23. The highest BCUT2D eigenvalue weighted by Crippen LogP contribution is 2.37. The number of hydrogen-bond acceptors (Lipinski definition) is 1. The lowest BCUT2D eigenvalue weighted by Gasteiger charge is -2.38. The fraction of sp³-hybridized carbons (Fsp3) is 0.857. The van der Waals surface area contributed by atoms with E-state index >= 15 is 0 Å². The van der Waals surface area contributed by atoms with Crippen LogP contribution in [-0.2, 0) is 4.43 Å². The first-order valence-corrected chi connectivity index (χ1v) is 10.4. The molecule has 0 saturated carbocycles. The van der Waals surface area contributed by atoms with Gasteiger partial charge in [-0.1, -0.05) is 62.7 Å². The summed E-state index contributed by atoms with van der Waals surface area (Å²) >= 11 is 3.50. The summed E-state index contributed by atoms with van der Waals surface area (Å²) in [7, 11) is -1.63. The van der Waals surface area contributed by atoms with Gasteiger partial charge in [0, 0.05) is 17.9 Å². The SMILES string of the molecule is C=C(CBr)C(CO[Si](C)(C)C(C)(C)C)C(C)C. The molecule has 0 aromatic rings. The second-order valence-electron chi connectivity index (χ2n) is 6.71. The fourth-order valence-corrected chi connectivity index (χ4v) is 2.84. The molecule has 0 N–H and O–H groups in total. The van der Waals surface area contributed by atoms with Crippen molar-refractivity contribution in [2.75, 3.05) is 11.9 Å². The van der Waals surface area contributed by atoms with Crippen molar-refractivity contribution in [3.8, 4) is 0 Å². The van der Waals surface area contributed by atoms with E-state index in [4.69, 9.17) is 4.43 Å². The van der Waals surface area contributed by atoms with Gasteiger partial charge in [0.05, 0.1) is 0 Å². The number of halogens is 1. The highest BCUT2D eigenvalue weighted by Gasteiger charge is 2.37. The Morgan fingerprint density at radius 3 is 2.06 bits per heavy atom. The zero-order valence-corrected chi connectivity index (χ0v) is 15.1. The molecule has 1 nitrogen and oxygen atoms in total. The summed E-state index contributed by atoms with van der Waals surface area (Å²) in [4.78, 5) is 0. The first-order chi connectivity index (χ1) is 7.53. The van der Waals surface area contributed by atoms with Gasteiger partial charge >= 0.3 is 0 Å². The monoisotopic (exact) mass is 320 g/mol. The first-order valence-electron chi connectivity index (χ1n) is 6.40. The van der Waals surface area contributed by atoms with Crippen LogP contribution < -0.4 is 0 Å². The Labute approximate surface area is 117 Å². The normalized spacial score (nSPS) is 15.1. The molecule has 0 aliphatic carbocycles. The molecule has 102 valence electrons. The molecule has 0 heterocycles. The van der Waals surface area contributed by atoms with Gasteiger partial charge in [0.2, 0.25) is 0 Å². The van der Waals surface area contributed by atoms with Crippen molar-refractivity contribution in [3.63, 3.8) is 0 Å². The number of rotatable bonds is 6. The van der Waals surface area contributed by atoms with Gasteiger partial charge in [-0.05, 0) is 24.1 Å². The quantitative estimate of drug-likeness (QED) is 0.370. The van der Waals surface area contributed by atoms with Gasteiger partial charge in [0.25, 0.3) is 0 Å². The highest BCUT2D eigenvalue weighted by atomic mass is 79.9. The van der Waals surface area contributed by atoms with Crippen LogP contribution in [-0.4, -0.2) is 20.3 Å². The molecule has 1 atom stereocenters. The second kappa shape index (κ2) is 6.53. The summed E-state index contributed by atoms with van der Waals surface area (Å²) in [6, 6.07) is 0. The molecule has 0 saturated heterocycles. The molecule has 0 aliphatic heterocycles. The largest absolute Gasteiger partial charge is 0.416 e. The molecular weight excluding hydrogens is 292 g/mol. The van der Waals surface area contributed by atoms with E-state index < -0.39 is 8.32 Å². The third-order valence-electron chi connectivity index (χ3n) is 3.93. The van der Waals surface area contributed by atoms with Crippen LogP contribution in [0.3, 0.4) is 0 Å². The van der Waals surface area contributed by atoms with Crippen molar-refractivity contribution in [1.82, 2.24) is 0 Å². The van der Waals surface area contributed by atoms with Crippen molar-refractivity contribution < 1.29 is 4.43 Å². The van der Waals surface area contributed by atoms with E-state index in [0.717, 1.165) is 11.9 Å². The van der Waals surface area contributed by atoms with Crippen LogP contribution in [0, 0.1) is 11.8 Å². The minimum atomic E-state index is -1.63. The lowest BCUT2D eigenvalue weighted by Crippen LogP contribution is -2.42. The Kier molecular flexibility index (Phi) is 6.68. The Morgan fingerprint density at radius 2 is 1.76 bits per heavy atom. The Morgan fingerprint density at radius 1 is 1.29 bits per heavy atom. The van der Waals surface area contributed by atoms with Crippen molar-refractivity contribution >= 4 is 24.2 Å². The third kappa shape index (κ3) is 5.27. The van der Waals surface area contributed by atoms with Crippen LogP contribution in [0.15, 0.2) is 12.2 Å². The molecular formula is C14H29BrOSi. The topological polar surface area (TPSA) is 9.23 Å². The van der Waals surface area contributed by atoms with Gasteiger partial charge < -0.3 is 4.43 Å². The van der Waals surface area contributed by atoms with E-state index in [0.29, 0.717) is 11.8 Å². The van der Waals surface area contributed by atoms with Gasteiger partial charge in [-0.15, -0.1) is 0 Å². The summed E-state index contributed by atoms with van der Waals surface area (Å²) in [5.74, 6) is 1.05. The van der Waals surface area contributed by atoms with Gasteiger partial charge in [-0.2, -0.15) is 0 Å². The van der Waals surface area contributed by atoms with E-state index in [1.165, 1.54) is 5.57 Å². The van der Waals surface area contributed by atoms with Crippen LogP contribution in [0.25, 0.3) is 0 Å².